The molecular weight excluding hydrogens is 375 g/mol. The Morgan fingerprint density at radius 1 is 1.22 bits per heavy atom. The normalized spacial score (nSPS) is 25.3. The first-order valence-corrected chi connectivity index (χ1v) is 9.91. The summed E-state index contributed by atoms with van der Waals surface area (Å²) in [5, 5.41) is 12.8. The monoisotopic (exact) mass is 397 g/mol. The van der Waals surface area contributed by atoms with E-state index in [-0.39, 0.29) is 30.7 Å². The molecule has 0 radical (unpaired) electrons. The number of thiazole rings is 1. The van der Waals surface area contributed by atoms with Gasteiger partial charge in [-0.25, -0.2) is 4.98 Å². The summed E-state index contributed by atoms with van der Waals surface area (Å²) in [5.74, 6) is 0.0458. The van der Waals surface area contributed by atoms with Crippen LogP contribution >= 0.6 is 11.3 Å². The largest absolute Gasteiger partial charge is 0.395 e. The summed E-state index contributed by atoms with van der Waals surface area (Å²) in [5.41, 5.74) is 0.755. The Kier molecular flexibility index (Phi) is 5.00. The fraction of sp³-hybridized carbons (Fsp3) is 0.526. The van der Waals surface area contributed by atoms with E-state index in [0.717, 1.165) is 17.1 Å². The first kappa shape index (κ1) is 18.9. The summed E-state index contributed by atoms with van der Waals surface area (Å²) in [4.78, 5) is 8.41. The summed E-state index contributed by atoms with van der Waals surface area (Å²) in [6.45, 7) is 1.91. The molecule has 4 rings (SSSR count). The Morgan fingerprint density at radius 3 is 2.56 bits per heavy atom. The number of hydrogen-bond acceptors (Lipinski definition) is 5. The zero-order valence-electron chi connectivity index (χ0n) is 14.8. The van der Waals surface area contributed by atoms with Gasteiger partial charge in [-0.2, -0.15) is 13.2 Å². The van der Waals surface area contributed by atoms with Crippen LogP contribution in [0.3, 0.4) is 0 Å². The number of likely N-dealkylation sites (tertiary alicyclic amines) is 2. The summed E-state index contributed by atoms with van der Waals surface area (Å²) < 4.78 is 38.5. The molecule has 0 amide bonds. The van der Waals surface area contributed by atoms with Gasteiger partial charge in [0.05, 0.1) is 25.1 Å². The van der Waals surface area contributed by atoms with Gasteiger partial charge in [-0.1, -0.05) is 30.3 Å². The minimum absolute atomic E-state index is 0.0458. The van der Waals surface area contributed by atoms with Crippen LogP contribution < -0.4 is 0 Å². The molecule has 1 N–H and O–H groups in total. The van der Waals surface area contributed by atoms with Crippen molar-refractivity contribution < 1.29 is 18.3 Å². The molecule has 2 aliphatic rings. The average Bonchev–Trinajstić information content (AvgIpc) is 3.09. The second kappa shape index (κ2) is 7.16. The molecule has 1 aromatic carbocycles. The van der Waals surface area contributed by atoms with E-state index in [9.17, 15) is 18.3 Å². The van der Waals surface area contributed by atoms with Crippen molar-refractivity contribution in [2.45, 2.75) is 36.6 Å². The zero-order chi connectivity index (χ0) is 19.1. The topological polar surface area (TPSA) is 39.6 Å². The van der Waals surface area contributed by atoms with Gasteiger partial charge >= 0.3 is 6.18 Å². The van der Waals surface area contributed by atoms with E-state index < -0.39 is 12.6 Å². The smallest absolute Gasteiger partial charge is 0.390 e. The maximum absolute atomic E-state index is 12.8. The standard InChI is InChI=1S/C19H22F3N3OS/c20-19(21,22)6-8-25-15(11-26)17(14-4-2-1-3-5-14)18(25)12-24(13-18)10-16-23-7-9-27-16/h1-5,7,9,15,17,26H,6,8,10-13H2/t15-,17-/m1/s1. The molecule has 146 valence electrons. The second-order valence-corrected chi connectivity index (χ2v) is 8.35. The second-order valence-electron chi connectivity index (χ2n) is 7.37. The fourth-order valence-electron chi connectivity index (χ4n) is 4.74. The van der Waals surface area contributed by atoms with E-state index in [4.69, 9.17) is 0 Å². The van der Waals surface area contributed by atoms with Gasteiger partial charge in [-0.05, 0) is 5.56 Å². The van der Waals surface area contributed by atoms with Crippen molar-refractivity contribution in [2.75, 3.05) is 26.2 Å². The highest BCUT2D eigenvalue weighted by Gasteiger charge is 2.65. The maximum atomic E-state index is 12.8. The lowest BCUT2D eigenvalue weighted by Crippen LogP contribution is -2.84. The SMILES string of the molecule is OC[C@@H]1[C@@H](c2ccccc2)C2(CN(Cc3nccs3)C2)N1CCC(F)(F)F. The molecule has 2 saturated heterocycles. The Morgan fingerprint density at radius 2 is 1.96 bits per heavy atom. The number of nitrogens with zero attached hydrogens (tertiary/aromatic N) is 3. The summed E-state index contributed by atoms with van der Waals surface area (Å²) in [7, 11) is 0. The van der Waals surface area contributed by atoms with Crippen LogP contribution in [0.4, 0.5) is 13.2 Å². The lowest BCUT2D eigenvalue weighted by Gasteiger charge is -2.71. The average molecular weight is 397 g/mol. The van der Waals surface area contributed by atoms with E-state index >= 15 is 0 Å². The molecule has 3 heterocycles. The first-order valence-electron chi connectivity index (χ1n) is 9.03. The number of rotatable bonds is 6. The summed E-state index contributed by atoms with van der Waals surface area (Å²) >= 11 is 1.59. The van der Waals surface area contributed by atoms with Crippen LogP contribution in [0, 0.1) is 0 Å². The zero-order valence-corrected chi connectivity index (χ0v) is 15.6. The van der Waals surface area contributed by atoms with Gasteiger partial charge in [0.1, 0.15) is 5.01 Å². The van der Waals surface area contributed by atoms with E-state index in [1.165, 1.54) is 0 Å². The number of alkyl halides is 3. The highest BCUT2D eigenvalue weighted by Crippen LogP contribution is 2.54. The van der Waals surface area contributed by atoms with E-state index in [0.29, 0.717) is 13.1 Å². The molecule has 0 unspecified atom stereocenters. The van der Waals surface area contributed by atoms with Crippen molar-refractivity contribution in [2.24, 2.45) is 0 Å². The van der Waals surface area contributed by atoms with Crippen molar-refractivity contribution in [1.82, 2.24) is 14.8 Å². The van der Waals surface area contributed by atoms with Crippen LogP contribution in [0.5, 0.6) is 0 Å². The minimum atomic E-state index is -4.19. The van der Waals surface area contributed by atoms with Crippen LogP contribution in [0.2, 0.25) is 0 Å². The van der Waals surface area contributed by atoms with Crippen molar-refractivity contribution in [1.29, 1.82) is 0 Å². The Bertz CT molecular complexity index is 747. The molecule has 0 bridgehead atoms. The number of aliphatic hydroxyl groups excluding tert-OH is 1. The number of hydrogen-bond donors (Lipinski definition) is 1. The molecule has 2 aliphatic heterocycles. The van der Waals surface area contributed by atoms with Crippen molar-refractivity contribution >= 4 is 11.3 Å². The van der Waals surface area contributed by atoms with E-state index in [2.05, 4.69) is 9.88 Å². The maximum Gasteiger partial charge on any atom is 0.390 e. The Hall–Kier alpha value is -1.48. The van der Waals surface area contributed by atoms with Gasteiger partial charge in [-0.15, -0.1) is 11.3 Å². The van der Waals surface area contributed by atoms with Gasteiger partial charge in [-0.3, -0.25) is 9.80 Å². The third-order valence-corrected chi connectivity index (χ3v) is 6.52. The molecule has 1 aromatic heterocycles. The van der Waals surface area contributed by atoms with Gasteiger partial charge in [0.25, 0.3) is 0 Å². The molecule has 27 heavy (non-hydrogen) atoms. The fourth-order valence-corrected chi connectivity index (χ4v) is 5.40. The number of benzene rings is 1. The molecule has 8 heteroatoms. The third kappa shape index (κ3) is 3.51. The highest BCUT2D eigenvalue weighted by atomic mass is 32.1. The lowest BCUT2D eigenvalue weighted by atomic mass is 9.60. The van der Waals surface area contributed by atoms with E-state index in [1.807, 2.05) is 40.6 Å². The van der Waals surface area contributed by atoms with Crippen LogP contribution in [0.25, 0.3) is 0 Å². The van der Waals surface area contributed by atoms with Crippen molar-refractivity contribution in [3.05, 3.63) is 52.5 Å². The van der Waals surface area contributed by atoms with Crippen molar-refractivity contribution in [3.63, 3.8) is 0 Å². The predicted octanol–water partition coefficient (Wildman–Crippen LogP) is 3.11. The van der Waals surface area contributed by atoms with Crippen LogP contribution in [-0.4, -0.2) is 63.9 Å². The van der Waals surface area contributed by atoms with Crippen LogP contribution in [-0.2, 0) is 6.54 Å². The van der Waals surface area contributed by atoms with Crippen LogP contribution in [0.15, 0.2) is 41.9 Å². The first-order chi connectivity index (χ1) is 12.9. The van der Waals surface area contributed by atoms with Gasteiger partial charge in [0.15, 0.2) is 0 Å². The molecular formula is C19H22F3N3OS. The van der Waals surface area contributed by atoms with Crippen LogP contribution in [0.1, 0.15) is 22.9 Å². The van der Waals surface area contributed by atoms with Gasteiger partial charge < -0.3 is 5.11 Å². The number of aliphatic hydroxyl groups is 1. The molecule has 2 aromatic rings. The Balaban J connectivity index is 1.53. The third-order valence-electron chi connectivity index (χ3n) is 5.76. The lowest BCUT2D eigenvalue weighted by molar-refractivity contribution is -0.209. The molecule has 4 nitrogen and oxygen atoms in total. The molecule has 0 saturated carbocycles. The quantitative estimate of drug-likeness (QED) is 0.813. The van der Waals surface area contributed by atoms with Crippen molar-refractivity contribution in [3.8, 4) is 0 Å². The summed E-state index contributed by atoms with van der Waals surface area (Å²) in [6, 6.07) is 9.58. The highest BCUT2D eigenvalue weighted by molar-refractivity contribution is 7.09. The predicted molar refractivity (Wildman–Crippen MR) is 97.6 cm³/mol. The number of aromatic nitrogens is 1. The summed E-state index contributed by atoms with van der Waals surface area (Å²) in [6.07, 6.45) is -3.27. The van der Waals surface area contributed by atoms with Gasteiger partial charge in [0.2, 0.25) is 0 Å². The Labute approximate surface area is 160 Å². The molecule has 2 fully saturated rings. The molecule has 0 aliphatic carbocycles. The molecule has 1 spiro atoms. The number of halogens is 3. The van der Waals surface area contributed by atoms with Gasteiger partial charge in [0, 0.05) is 43.2 Å². The molecule has 2 atom stereocenters. The minimum Gasteiger partial charge on any atom is -0.395 e. The van der Waals surface area contributed by atoms with E-state index in [1.54, 1.807) is 17.5 Å².